The molecular formula is C15H8F3NO3. The van der Waals surface area contributed by atoms with Crippen LogP contribution in [0.2, 0.25) is 0 Å². The van der Waals surface area contributed by atoms with E-state index in [1.165, 1.54) is 18.2 Å². The lowest BCUT2D eigenvalue weighted by molar-refractivity contribution is -0.137. The van der Waals surface area contributed by atoms with E-state index in [0.29, 0.717) is 11.1 Å². The summed E-state index contributed by atoms with van der Waals surface area (Å²) in [5, 5.41) is 9.30. The van der Waals surface area contributed by atoms with Crippen molar-refractivity contribution in [1.82, 2.24) is 4.98 Å². The number of carbonyl (C=O) groups is 1. The van der Waals surface area contributed by atoms with E-state index in [9.17, 15) is 18.0 Å². The van der Waals surface area contributed by atoms with Crippen molar-refractivity contribution in [2.45, 2.75) is 6.18 Å². The minimum atomic E-state index is -4.44. The van der Waals surface area contributed by atoms with Gasteiger partial charge in [-0.05, 0) is 30.3 Å². The van der Waals surface area contributed by atoms with E-state index in [1.54, 1.807) is 6.07 Å². The summed E-state index contributed by atoms with van der Waals surface area (Å²) in [7, 11) is 0. The molecule has 7 heteroatoms. The SMILES string of the molecule is O=C(O)c1ccc(-c2cc3ccc(C(F)(F)F)cc3o2)nc1. The minimum Gasteiger partial charge on any atom is -0.478 e. The van der Waals surface area contributed by atoms with E-state index in [2.05, 4.69) is 4.98 Å². The molecule has 2 heterocycles. The molecular weight excluding hydrogens is 299 g/mol. The first-order valence-electron chi connectivity index (χ1n) is 6.15. The van der Waals surface area contributed by atoms with E-state index in [-0.39, 0.29) is 16.9 Å². The molecule has 1 aromatic carbocycles. The van der Waals surface area contributed by atoms with Crippen LogP contribution in [0.1, 0.15) is 15.9 Å². The predicted molar refractivity (Wildman–Crippen MR) is 71.4 cm³/mol. The first-order chi connectivity index (χ1) is 10.3. The Morgan fingerprint density at radius 1 is 1.14 bits per heavy atom. The molecule has 0 radical (unpaired) electrons. The third kappa shape index (κ3) is 2.52. The number of hydrogen-bond donors (Lipinski definition) is 1. The highest BCUT2D eigenvalue weighted by Crippen LogP contribution is 2.34. The van der Waals surface area contributed by atoms with Crippen LogP contribution in [0.4, 0.5) is 13.2 Å². The number of fused-ring (bicyclic) bond motifs is 1. The zero-order chi connectivity index (χ0) is 15.9. The Bertz CT molecular complexity index is 851. The molecule has 0 unspecified atom stereocenters. The van der Waals surface area contributed by atoms with Crippen molar-refractivity contribution >= 4 is 16.9 Å². The Morgan fingerprint density at radius 3 is 2.50 bits per heavy atom. The minimum absolute atomic E-state index is 0.0132. The zero-order valence-electron chi connectivity index (χ0n) is 10.9. The first-order valence-corrected chi connectivity index (χ1v) is 6.15. The quantitative estimate of drug-likeness (QED) is 0.770. The third-order valence-electron chi connectivity index (χ3n) is 3.11. The topological polar surface area (TPSA) is 63.3 Å². The van der Waals surface area contributed by atoms with Crippen LogP contribution in [0.25, 0.3) is 22.4 Å². The van der Waals surface area contributed by atoms with Crippen LogP contribution < -0.4 is 0 Å². The number of rotatable bonds is 2. The Labute approximate surface area is 121 Å². The van der Waals surface area contributed by atoms with Gasteiger partial charge in [-0.1, -0.05) is 6.07 Å². The van der Waals surface area contributed by atoms with Crippen molar-refractivity contribution in [2.24, 2.45) is 0 Å². The Hall–Kier alpha value is -2.83. The number of aromatic carboxylic acids is 1. The molecule has 0 aliphatic carbocycles. The van der Waals surface area contributed by atoms with Crippen molar-refractivity contribution < 1.29 is 27.5 Å². The van der Waals surface area contributed by atoms with Gasteiger partial charge in [-0.25, -0.2) is 4.79 Å². The number of hydrogen-bond acceptors (Lipinski definition) is 3. The third-order valence-corrected chi connectivity index (χ3v) is 3.11. The number of furan rings is 1. The molecule has 2 aromatic heterocycles. The summed E-state index contributed by atoms with van der Waals surface area (Å²) in [4.78, 5) is 14.7. The van der Waals surface area contributed by atoms with Gasteiger partial charge in [0.15, 0.2) is 5.76 Å². The summed E-state index contributed by atoms with van der Waals surface area (Å²) >= 11 is 0. The van der Waals surface area contributed by atoms with Crippen LogP contribution in [0.3, 0.4) is 0 Å². The molecule has 0 amide bonds. The molecule has 0 bridgehead atoms. The van der Waals surface area contributed by atoms with E-state index < -0.39 is 17.7 Å². The zero-order valence-corrected chi connectivity index (χ0v) is 10.9. The number of alkyl halides is 3. The van der Waals surface area contributed by atoms with Gasteiger partial charge in [0.05, 0.1) is 11.1 Å². The number of halogens is 3. The molecule has 0 saturated carbocycles. The average Bonchev–Trinajstić information content (AvgIpc) is 2.89. The Balaban J connectivity index is 2.03. The molecule has 1 N–H and O–H groups in total. The summed E-state index contributed by atoms with van der Waals surface area (Å²) in [5.41, 5.74) is -0.349. The van der Waals surface area contributed by atoms with Crippen molar-refractivity contribution in [2.75, 3.05) is 0 Å². The number of carboxylic acids is 1. The molecule has 0 fully saturated rings. The highest BCUT2D eigenvalue weighted by molar-refractivity contribution is 5.88. The average molecular weight is 307 g/mol. The van der Waals surface area contributed by atoms with E-state index in [4.69, 9.17) is 9.52 Å². The van der Waals surface area contributed by atoms with E-state index in [0.717, 1.165) is 18.3 Å². The standard InChI is InChI=1S/C15H8F3NO3/c16-15(17,18)10-3-1-8-5-13(22-12(8)6-10)11-4-2-9(7-19-11)14(20)21/h1-7H,(H,20,21). The lowest BCUT2D eigenvalue weighted by Gasteiger charge is -2.04. The molecule has 0 atom stereocenters. The van der Waals surface area contributed by atoms with Crippen molar-refractivity contribution in [3.8, 4) is 11.5 Å². The van der Waals surface area contributed by atoms with Gasteiger partial charge in [0.1, 0.15) is 11.3 Å². The van der Waals surface area contributed by atoms with Crippen molar-refractivity contribution in [1.29, 1.82) is 0 Å². The second kappa shape index (κ2) is 4.87. The van der Waals surface area contributed by atoms with Crippen molar-refractivity contribution in [3.63, 3.8) is 0 Å². The van der Waals surface area contributed by atoms with Crippen LogP contribution in [-0.2, 0) is 6.18 Å². The normalized spacial score (nSPS) is 11.8. The Kier molecular flexibility index (Phi) is 3.13. The molecule has 0 saturated heterocycles. The fraction of sp³-hybridized carbons (Fsp3) is 0.0667. The van der Waals surface area contributed by atoms with Gasteiger partial charge in [-0.3, -0.25) is 4.98 Å². The largest absolute Gasteiger partial charge is 0.478 e. The van der Waals surface area contributed by atoms with Crippen LogP contribution >= 0.6 is 0 Å². The van der Waals surface area contributed by atoms with Crippen LogP contribution in [0, 0.1) is 0 Å². The lowest BCUT2D eigenvalue weighted by atomic mass is 10.1. The van der Waals surface area contributed by atoms with Crippen molar-refractivity contribution in [3.05, 3.63) is 53.7 Å². The first kappa shape index (κ1) is 14.1. The number of carboxylic acid groups (broad SMARTS) is 1. The monoisotopic (exact) mass is 307 g/mol. The number of benzene rings is 1. The second-order valence-corrected chi connectivity index (χ2v) is 4.60. The molecule has 3 rings (SSSR count). The second-order valence-electron chi connectivity index (χ2n) is 4.60. The predicted octanol–water partition coefficient (Wildman–Crippen LogP) is 4.21. The summed E-state index contributed by atoms with van der Waals surface area (Å²) in [6, 6.07) is 7.55. The summed E-state index contributed by atoms with van der Waals surface area (Å²) in [5.74, 6) is -0.843. The van der Waals surface area contributed by atoms with Gasteiger partial charge >= 0.3 is 12.1 Å². The number of nitrogens with zero attached hydrogens (tertiary/aromatic N) is 1. The molecule has 3 aromatic rings. The smallest absolute Gasteiger partial charge is 0.416 e. The number of pyridine rings is 1. The maximum atomic E-state index is 12.7. The van der Waals surface area contributed by atoms with Crippen LogP contribution in [0.15, 0.2) is 47.0 Å². The van der Waals surface area contributed by atoms with Gasteiger partial charge in [0.2, 0.25) is 0 Å². The molecule has 0 aliphatic rings. The maximum Gasteiger partial charge on any atom is 0.416 e. The fourth-order valence-electron chi connectivity index (χ4n) is 2.00. The van der Waals surface area contributed by atoms with Gasteiger partial charge in [-0.2, -0.15) is 13.2 Å². The summed E-state index contributed by atoms with van der Waals surface area (Å²) in [6.45, 7) is 0. The fourth-order valence-corrected chi connectivity index (χ4v) is 2.00. The molecule has 112 valence electrons. The molecule has 0 spiro atoms. The van der Waals surface area contributed by atoms with Crippen LogP contribution in [-0.4, -0.2) is 16.1 Å². The summed E-state index contributed by atoms with van der Waals surface area (Å²) < 4.78 is 43.3. The summed E-state index contributed by atoms with van der Waals surface area (Å²) in [6.07, 6.45) is -3.28. The molecule has 22 heavy (non-hydrogen) atoms. The highest BCUT2D eigenvalue weighted by Gasteiger charge is 2.30. The van der Waals surface area contributed by atoms with Gasteiger partial charge in [0.25, 0.3) is 0 Å². The van der Waals surface area contributed by atoms with Crippen LogP contribution in [0.5, 0.6) is 0 Å². The highest BCUT2D eigenvalue weighted by atomic mass is 19.4. The van der Waals surface area contributed by atoms with E-state index >= 15 is 0 Å². The molecule has 4 nitrogen and oxygen atoms in total. The molecule has 0 aliphatic heterocycles. The lowest BCUT2D eigenvalue weighted by Crippen LogP contribution is -2.03. The maximum absolute atomic E-state index is 12.7. The van der Waals surface area contributed by atoms with Gasteiger partial charge in [0, 0.05) is 11.6 Å². The van der Waals surface area contributed by atoms with Gasteiger partial charge in [-0.15, -0.1) is 0 Å². The Morgan fingerprint density at radius 2 is 1.91 bits per heavy atom. The van der Waals surface area contributed by atoms with Gasteiger partial charge < -0.3 is 9.52 Å². The number of aromatic nitrogens is 1. The van der Waals surface area contributed by atoms with E-state index in [1.807, 2.05) is 0 Å².